The molecule has 372 valence electrons. The number of fused-ring (bicyclic) bond motifs is 10. The fourth-order valence-electron chi connectivity index (χ4n) is 14.0. The van der Waals surface area contributed by atoms with Gasteiger partial charge in [0.1, 0.15) is 0 Å². The highest BCUT2D eigenvalue weighted by atomic mass is 15.1. The maximum atomic E-state index is 2.49. The van der Waals surface area contributed by atoms with Crippen molar-refractivity contribution in [3.8, 4) is 55.6 Å². The van der Waals surface area contributed by atoms with E-state index in [1.54, 1.807) is 0 Å². The number of hydrogen-bond acceptors (Lipinski definition) is 2. The van der Waals surface area contributed by atoms with E-state index in [1.165, 1.54) is 111 Å². The van der Waals surface area contributed by atoms with Crippen LogP contribution in [0, 0.1) is 0 Å². The minimum Gasteiger partial charge on any atom is -0.310 e. The van der Waals surface area contributed by atoms with Gasteiger partial charge in [0.2, 0.25) is 0 Å². The Kier molecular flexibility index (Phi) is 10.7. The van der Waals surface area contributed by atoms with Crippen molar-refractivity contribution >= 4 is 44.9 Å². The van der Waals surface area contributed by atoms with Crippen LogP contribution in [0.25, 0.3) is 66.4 Å². The second kappa shape index (κ2) is 17.7. The Morgan fingerprint density at radius 3 is 1.14 bits per heavy atom. The summed E-state index contributed by atoms with van der Waals surface area (Å²) in [5, 5.41) is 2.46. The quantitative estimate of drug-likeness (QED) is 0.135. The first-order chi connectivity index (χ1) is 37.6. The molecule has 11 aromatic carbocycles. The lowest BCUT2D eigenvalue weighted by atomic mass is 9.74. The van der Waals surface area contributed by atoms with E-state index < -0.39 is 0 Å². The van der Waals surface area contributed by atoms with Gasteiger partial charge in [-0.05, 0) is 174 Å². The topological polar surface area (TPSA) is 6.48 Å². The largest absolute Gasteiger partial charge is 0.310 e. The van der Waals surface area contributed by atoms with Gasteiger partial charge in [-0.3, -0.25) is 0 Å². The van der Waals surface area contributed by atoms with E-state index in [9.17, 15) is 0 Å². The zero-order valence-corrected chi connectivity index (χ0v) is 44.9. The molecular weight excluding hydrogens is 929 g/mol. The van der Waals surface area contributed by atoms with Crippen molar-refractivity contribution < 1.29 is 0 Å². The Hall–Kier alpha value is -8.72. The zero-order valence-electron chi connectivity index (χ0n) is 44.9. The van der Waals surface area contributed by atoms with Gasteiger partial charge in [0.05, 0.1) is 5.69 Å². The van der Waals surface area contributed by atoms with E-state index in [1.807, 2.05) is 0 Å². The van der Waals surface area contributed by atoms with Crippen LogP contribution < -0.4 is 9.80 Å². The highest BCUT2D eigenvalue weighted by Crippen LogP contribution is 2.56. The molecule has 2 heteroatoms. The average molecular weight is 991 g/mol. The first kappa shape index (κ1) is 46.8. The molecule has 11 aromatic rings. The van der Waals surface area contributed by atoms with Crippen molar-refractivity contribution in [3.05, 3.63) is 276 Å². The maximum absolute atomic E-state index is 2.49. The van der Waals surface area contributed by atoms with Crippen LogP contribution in [0.5, 0.6) is 0 Å². The van der Waals surface area contributed by atoms with Gasteiger partial charge in [-0.25, -0.2) is 0 Å². The zero-order chi connectivity index (χ0) is 52.2. The predicted octanol–water partition coefficient (Wildman–Crippen LogP) is 20.8. The second-order valence-corrected chi connectivity index (χ2v) is 22.7. The Labute approximate surface area is 454 Å². The molecule has 0 aliphatic heterocycles. The molecule has 2 nitrogen and oxygen atoms in total. The summed E-state index contributed by atoms with van der Waals surface area (Å²) in [6, 6.07) is 91.2. The van der Waals surface area contributed by atoms with Gasteiger partial charge in [-0.15, -0.1) is 0 Å². The highest BCUT2D eigenvalue weighted by molar-refractivity contribution is 6.00. The van der Waals surface area contributed by atoms with Gasteiger partial charge in [0, 0.05) is 50.1 Å². The predicted molar refractivity (Wildman–Crippen MR) is 326 cm³/mol. The molecule has 0 spiro atoms. The second-order valence-electron chi connectivity index (χ2n) is 22.7. The van der Waals surface area contributed by atoms with Gasteiger partial charge < -0.3 is 9.80 Å². The van der Waals surface area contributed by atoms with Crippen molar-refractivity contribution in [2.45, 2.75) is 70.6 Å². The van der Waals surface area contributed by atoms with Crippen LogP contribution >= 0.6 is 0 Å². The van der Waals surface area contributed by atoms with E-state index in [4.69, 9.17) is 0 Å². The third-order valence-electron chi connectivity index (χ3n) is 18.2. The summed E-state index contributed by atoms with van der Waals surface area (Å²) in [5.74, 6) is 0. The van der Waals surface area contributed by atoms with Crippen molar-refractivity contribution in [1.29, 1.82) is 0 Å². The number of benzene rings is 11. The number of nitrogens with zero attached hydrogens (tertiary/aromatic N) is 2. The molecule has 3 aliphatic carbocycles. The van der Waals surface area contributed by atoms with Crippen molar-refractivity contribution in [2.75, 3.05) is 9.80 Å². The summed E-state index contributed by atoms with van der Waals surface area (Å²) >= 11 is 0. The first-order valence-corrected chi connectivity index (χ1v) is 27.7. The molecule has 0 fully saturated rings. The molecule has 0 atom stereocenters. The first-order valence-electron chi connectivity index (χ1n) is 27.7. The summed E-state index contributed by atoms with van der Waals surface area (Å²) in [7, 11) is 0. The van der Waals surface area contributed by atoms with Crippen LogP contribution in [0.3, 0.4) is 0 Å². The molecule has 0 aromatic heterocycles. The molecule has 0 heterocycles. The Bertz CT molecular complexity index is 4000. The summed E-state index contributed by atoms with van der Waals surface area (Å²) in [4.78, 5) is 4.93. The van der Waals surface area contributed by atoms with Gasteiger partial charge in [0.25, 0.3) is 0 Å². The molecule has 0 radical (unpaired) electrons. The molecule has 77 heavy (non-hydrogen) atoms. The molecule has 0 unspecified atom stereocenters. The standard InChI is InChI=1S/C75H62N2/c1-7-75(8-2)68-26-16-13-23-62(68)65-45-42-58(48-71(65)75)77(72-27-17-19-53-18-9-10-20-59(53)72)55-38-34-52(35-39-55)50-30-28-49(29-31-50)51-32-36-54(37-33-51)76(56-40-43-63-60-21-11-14-24-66(60)73(3,4)69(63)46-56)57-41-44-64-61-22-12-15-25-67(61)74(5,6)70(64)47-57/h9-48H,7-8H2,1-6H3. The van der Waals surface area contributed by atoms with Gasteiger partial charge in [-0.2, -0.15) is 0 Å². The number of rotatable bonds is 10. The van der Waals surface area contributed by atoms with Crippen molar-refractivity contribution in [1.82, 2.24) is 0 Å². The molecule has 14 rings (SSSR count). The van der Waals surface area contributed by atoms with Crippen LogP contribution in [0.1, 0.15) is 87.8 Å². The number of hydrogen-bond donors (Lipinski definition) is 0. The molecule has 0 amide bonds. The highest BCUT2D eigenvalue weighted by Gasteiger charge is 2.41. The SMILES string of the molecule is CCC1(CC)c2ccccc2-c2ccc(N(c3ccc(-c4ccc(-c5ccc(N(c6ccc7c(c6)C(C)(C)c6ccccc6-7)c6ccc7c(c6)C(C)(C)c6ccccc6-7)cc5)cc4)cc3)c3cccc4ccccc34)cc21. The molecule has 0 N–H and O–H groups in total. The van der Waals surface area contributed by atoms with Crippen LogP contribution in [-0.2, 0) is 16.2 Å². The van der Waals surface area contributed by atoms with Crippen molar-refractivity contribution in [2.24, 2.45) is 0 Å². The third-order valence-corrected chi connectivity index (χ3v) is 18.2. The van der Waals surface area contributed by atoms with Gasteiger partial charge in [-0.1, -0.05) is 217 Å². The summed E-state index contributed by atoms with van der Waals surface area (Å²) < 4.78 is 0. The Morgan fingerprint density at radius 1 is 0.286 bits per heavy atom. The minimum atomic E-state index is -0.113. The van der Waals surface area contributed by atoms with E-state index in [-0.39, 0.29) is 16.2 Å². The van der Waals surface area contributed by atoms with E-state index in [0.29, 0.717) is 0 Å². The Morgan fingerprint density at radius 2 is 0.636 bits per heavy atom. The lowest BCUT2D eigenvalue weighted by Crippen LogP contribution is -2.23. The maximum Gasteiger partial charge on any atom is 0.0540 e. The minimum absolute atomic E-state index is 0.0208. The monoisotopic (exact) mass is 990 g/mol. The molecule has 3 aliphatic rings. The molecule has 0 bridgehead atoms. The van der Waals surface area contributed by atoms with Crippen molar-refractivity contribution in [3.63, 3.8) is 0 Å². The van der Waals surface area contributed by atoms with Gasteiger partial charge >= 0.3 is 0 Å². The molecule has 0 saturated heterocycles. The normalized spacial score (nSPS) is 14.5. The van der Waals surface area contributed by atoms with Crippen LogP contribution in [-0.4, -0.2) is 0 Å². The van der Waals surface area contributed by atoms with E-state index in [2.05, 4.69) is 294 Å². The fourth-order valence-corrected chi connectivity index (χ4v) is 14.0. The summed E-state index contributed by atoms with van der Waals surface area (Å²) in [6.45, 7) is 14.2. The summed E-state index contributed by atoms with van der Waals surface area (Å²) in [6.07, 6.45) is 2.11. The van der Waals surface area contributed by atoms with Crippen LogP contribution in [0.15, 0.2) is 243 Å². The lowest BCUT2D eigenvalue weighted by Gasteiger charge is -2.32. The van der Waals surface area contributed by atoms with E-state index in [0.717, 1.165) is 35.6 Å². The van der Waals surface area contributed by atoms with E-state index >= 15 is 0 Å². The fraction of sp³-hybridized carbons (Fsp3) is 0.147. The number of anilines is 6. The van der Waals surface area contributed by atoms with Crippen LogP contribution in [0.2, 0.25) is 0 Å². The lowest BCUT2D eigenvalue weighted by molar-refractivity contribution is 0.490. The third kappa shape index (κ3) is 7.15. The van der Waals surface area contributed by atoms with Crippen LogP contribution in [0.4, 0.5) is 34.1 Å². The smallest absolute Gasteiger partial charge is 0.0540 e. The molecular formula is C75H62N2. The van der Waals surface area contributed by atoms with Gasteiger partial charge in [0.15, 0.2) is 0 Å². The average Bonchev–Trinajstić information content (AvgIpc) is 4.14. The Balaban J connectivity index is 0.792. The molecule has 0 saturated carbocycles. The summed E-state index contributed by atoms with van der Waals surface area (Å²) in [5.41, 5.74) is 27.9.